The van der Waals surface area contributed by atoms with E-state index in [1.54, 1.807) is 0 Å². The van der Waals surface area contributed by atoms with Crippen LogP contribution in [0.25, 0.3) is 0 Å². The highest BCUT2D eigenvalue weighted by Crippen LogP contribution is 2.26. The Hall–Kier alpha value is -1.03. The molecule has 0 aromatic rings. The van der Waals surface area contributed by atoms with Crippen molar-refractivity contribution in [2.75, 3.05) is 19.7 Å². The molecule has 0 aliphatic carbocycles. The van der Waals surface area contributed by atoms with E-state index in [4.69, 9.17) is 4.74 Å². The van der Waals surface area contributed by atoms with Crippen LogP contribution < -0.4 is 0 Å². The van der Waals surface area contributed by atoms with Crippen molar-refractivity contribution in [3.8, 4) is 0 Å². The fourth-order valence-electron chi connectivity index (χ4n) is 2.87. The normalized spacial score (nSPS) is 28.9. The number of carbonyl (C=O) groups excluding carboxylic acids is 1. The molecule has 1 N–H and O–H groups in total. The van der Waals surface area contributed by atoms with E-state index >= 15 is 0 Å². The Bertz CT molecular complexity index is 374. The van der Waals surface area contributed by atoms with Gasteiger partial charge in [0.2, 0.25) is 0 Å². The van der Waals surface area contributed by atoms with Gasteiger partial charge < -0.3 is 14.7 Å². The van der Waals surface area contributed by atoms with Crippen molar-refractivity contribution in [2.45, 2.75) is 58.0 Å². The Morgan fingerprint density at radius 3 is 2.89 bits per heavy atom. The van der Waals surface area contributed by atoms with Gasteiger partial charge in [0.05, 0.1) is 17.8 Å². The molecule has 0 saturated carbocycles. The molecular formula is C15H25NO3. The number of amides is 1. The largest absolute Gasteiger partial charge is 0.497 e. The van der Waals surface area contributed by atoms with Crippen molar-refractivity contribution in [3.05, 3.63) is 11.3 Å². The van der Waals surface area contributed by atoms with Gasteiger partial charge in [-0.05, 0) is 39.0 Å². The molecule has 0 aromatic carbocycles. The van der Waals surface area contributed by atoms with Crippen molar-refractivity contribution < 1.29 is 14.6 Å². The lowest BCUT2D eigenvalue weighted by molar-refractivity contribution is -0.128. The summed E-state index contributed by atoms with van der Waals surface area (Å²) >= 11 is 0. The van der Waals surface area contributed by atoms with Crippen LogP contribution in [0.1, 0.15) is 52.4 Å². The van der Waals surface area contributed by atoms with E-state index < -0.39 is 5.60 Å². The third-order valence-electron chi connectivity index (χ3n) is 4.11. The highest BCUT2D eigenvalue weighted by atomic mass is 16.5. The average molecular weight is 267 g/mol. The Balaban J connectivity index is 2.08. The summed E-state index contributed by atoms with van der Waals surface area (Å²) in [6.07, 6.45) is 4.84. The lowest BCUT2D eigenvalue weighted by atomic mass is 9.98. The molecule has 0 aromatic heterocycles. The second kappa shape index (κ2) is 5.95. The molecule has 1 fully saturated rings. The van der Waals surface area contributed by atoms with Crippen LogP contribution in [0.15, 0.2) is 11.3 Å². The minimum Gasteiger partial charge on any atom is -0.497 e. The summed E-state index contributed by atoms with van der Waals surface area (Å²) < 4.78 is 5.61. The second-order valence-electron chi connectivity index (χ2n) is 5.85. The Morgan fingerprint density at radius 2 is 2.16 bits per heavy atom. The zero-order valence-corrected chi connectivity index (χ0v) is 12.1. The first-order valence-corrected chi connectivity index (χ1v) is 7.40. The molecule has 2 heterocycles. The first-order valence-electron chi connectivity index (χ1n) is 7.40. The molecule has 19 heavy (non-hydrogen) atoms. The summed E-state index contributed by atoms with van der Waals surface area (Å²) in [5.74, 6) is 0.988. The van der Waals surface area contributed by atoms with Gasteiger partial charge in [-0.1, -0.05) is 6.92 Å². The van der Waals surface area contributed by atoms with E-state index in [1.165, 1.54) is 0 Å². The molecule has 108 valence electrons. The molecule has 1 saturated heterocycles. The van der Waals surface area contributed by atoms with E-state index in [9.17, 15) is 9.90 Å². The number of aliphatic hydroxyl groups is 1. The molecule has 1 atom stereocenters. The molecular weight excluding hydrogens is 242 g/mol. The molecule has 4 heteroatoms. The van der Waals surface area contributed by atoms with Gasteiger partial charge >= 0.3 is 0 Å². The highest BCUT2D eigenvalue weighted by Gasteiger charge is 2.30. The van der Waals surface area contributed by atoms with E-state index in [1.807, 2.05) is 18.7 Å². The Morgan fingerprint density at radius 1 is 1.37 bits per heavy atom. The number of hydrogen-bond acceptors (Lipinski definition) is 3. The maximum atomic E-state index is 12.6. The van der Waals surface area contributed by atoms with Crippen LogP contribution in [0.5, 0.6) is 0 Å². The van der Waals surface area contributed by atoms with Gasteiger partial charge in [0, 0.05) is 19.5 Å². The molecule has 2 rings (SSSR count). The van der Waals surface area contributed by atoms with Crippen LogP contribution in [0, 0.1) is 0 Å². The SMILES string of the molecule is CCC1=C(C(=O)N2CCCC(C)(O)CC2)CCCO1. The lowest BCUT2D eigenvalue weighted by Gasteiger charge is -2.26. The Kier molecular flexibility index (Phi) is 4.50. The summed E-state index contributed by atoms with van der Waals surface area (Å²) in [4.78, 5) is 14.5. The third-order valence-corrected chi connectivity index (χ3v) is 4.11. The zero-order valence-electron chi connectivity index (χ0n) is 12.1. The predicted octanol–water partition coefficient (Wildman–Crippen LogP) is 2.22. The minimum absolute atomic E-state index is 0.120. The topological polar surface area (TPSA) is 49.8 Å². The first kappa shape index (κ1) is 14.4. The second-order valence-corrected chi connectivity index (χ2v) is 5.85. The first-order chi connectivity index (χ1) is 9.03. The van der Waals surface area contributed by atoms with Gasteiger partial charge in [-0.25, -0.2) is 0 Å². The van der Waals surface area contributed by atoms with E-state index in [0.717, 1.165) is 56.6 Å². The molecule has 0 bridgehead atoms. The third kappa shape index (κ3) is 3.50. The van der Waals surface area contributed by atoms with Gasteiger partial charge in [0.25, 0.3) is 5.91 Å². The van der Waals surface area contributed by atoms with Gasteiger partial charge in [-0.3, -0.25) is 4.79 Å². The average Bonchev–Trinajstić information content (AvgIpc) is 2.59. The fraction of sp³-hybridized carbons (Fsp3) is 0.800. The van der Waals surface area contributed by atoms with Crippen LogP contribution in [0.4, 0.5) is 0 Å². The van der Waals surface area contributed by atoms with Crippen LogP contribution >= 0.6 is 0 Å². The Labute approximate surface area is 115 Å². The van der Waals surface area contributed by atoms with Crippen LogP contribution in [-0.2, 0) is 9.53 Å². The highest BCUT2D eigenvalue weighted by molar-refractivity contribution is 5.94. The predicted molar refractivity (Wildman–Crippen MR) is 73.6 cm³/mol. The summed E-state index contributed by atoms with van der Waals surface area (Å²) in [5, 5.41) is 10.1. The summed E-state index contributed by atoms with van der Waals surface area (Å²) in [6, 6.07) is 0. The number of likely N-dealkylation sites (tertiary alicyclic amines) is 1. The van der Waals surface area contributed by atoms with E-state index in [0.29, 0.717) is 13.0 Å². The summed E-state index contributed by atoms with van der Waals surface area (Å²) in [5.41, 5.74) is 0.232. The molecule has 0 spiro atoms. The fourth-order valence-corrected chi connectivity index (χ4v) is 2.87. The molecule has 1 amide bonds. The molecule has 1 unspecified atom stereocenters. The molecule has 4 nitrogen and oxygen atoms in total. The number of rotatable bonds is 2. The zero-order chi connectivity index (χ0) is 13.9. The van der Waals surface area contributed by atoms with Gasteiger partial charge in [0.1, 0.15) is 5.76 Å². The maximum absolute atomic E-state index is 12.6. The van der Waals surface area contributed by atoms with E-state index in [-0.39, 0.29) is 5.91 Å². The van der Waals surface area contributed by atoms with Crippen LogP contribution in [-0.4, -0.2) is 41.2 Å². The lowest BCUT2D eigenvalue weighted by Crippen LogP contribution is -2.35. The number of allylic oxidation sites excluding steroid dienone is 1. The van der Waals surface area contributed by atoms with Crippen LogP contribution in [0.2, 0.25) is 0 Å². The maximum Gasteiger partial charge on any atom is 0.253 e. The van der Waals surface area contributed by atoms with Gasteiger partial charge in [-0.2, -0.15) is 0 Å². The monoisotopic (exact) mass is 267 g/mol. The van der Waals surface area contributed by atoms with E-state index in [2.05, 4.69) is 0 Å². The van der Waals surface area contributed by atoms with Crippen molar-refractivity contribution in [2.24, 2.45) is 0 Å². The number of hydrogen-bond donors (Lipinski definition) is 1. The van der Waals surface area contributed by atoms with Gasteiger partial charge in [-0.15, -0.1) is 0 Å². The van der Waals surface area contributed by atoms with Crippen molar-refractivity contribution in [1.29, 1.82) is 0 Å². The number of ether oxygens (including phenoxy) is 1. The smallest absolute Gasteiger partial charge is 0.253 e. The van der Waals surface area contributed by atoms with Crippen molar-refractivity contribution >= 4 is 5.91 Å². The number of carbonyl (C=O) groups is 1. The summed E-state index contributed by atoms with van der Waals surface area (Å²) in [6.45, 7) is 6.01. The molecule has 2 aliphatic rings. The minimum atomic E-state index is -0.625. The molecule has 0 radical (unpaired) electrons. The van der Waals surface area contributed by atoms with Crippen LogP contribution in [0.3, 0.4) is 0 Å². The quantitative estimate of drug-likeness (QED) is 0.834. The van der Waals surface area contributed by atoms with Crippen molar-refractivity contribution in [1.82, 2.24) is 4.90 Å². The summed E-state index contributed by atoms with van der Waals surface area (Å²) in [7, 11) is 0. The molecule has 2 aliphatic heterocycles. The standard InChI is InChI=1S/C15H25NO3/c1-3-13-12(6-4-11-19-13)14(17)16-9-5-7-15(2,18)8-10-16/h18H,3-11H2,1-2H3. The number of nitrogens with zero attached hydrogens (tertiary/aromatic N) is 1. The van der Waals surface area contributed by atoms with Crippen molar-refractivity contribution in [3.63, 3.8) is 0 Å². The van der Waals surface area contributed by atoms with Gasteiger partial charge in [0.15, 0.2) is 0 Å².